The highest BCUT2D eigenvalue weighted by Gasteiger charge is 2.01. The number of carboxylic acids is 1. The van der Waals surface area contributed by atoms with Crippen LogP contribution in [-0.4, -0.2) is 73.3 Å². The first-order valence-electron chi connectivity index (χ1n) is 3.91. The molecule has 0 aromatic carbocycles. The summed E-state index contributed by atoms with van der Waals surface area (Å²) in [4.78, 5) is 18.0. The van der Waals surface area contributed by atoms with Gasteiger partial charge in [0.1, 0.15) is 12.2 Å². The number of hydrogen-bond donors (Lipinski definition) is 7. The predicted octanol–water partition coefficient (Wildman–Crippen LogP) is -1.99. The van der Waals surface area contributed by atoms with E-state index in [0.717, 1.165) is 0 Å². The van der Waals surface area contributed by atoms with Crippen molar-refractivity contribution in [1.29, 1.82) is 0 Å². The fraction of sp³-hybridized carbons (Fsp3) is 0.714. The van der Waals surface area contributed by atoms with E-state index in [1.54, 1.807) is 0 Å². The fourth-order valence-electron chi connectivity index (χ4n) is 0.0577. The Labute approximate surface area is 90.8 Å². The van der Waals surface area contributed by atoms with Crippen LogP contribution in [0.25, 0.3) is 0 Å². The molecule has 0 aliphatic heterocycles. The predicted molar refractivity (Wildman–Crippen MR) is 50.1 cm³/mol. The molecular weight excluding hydrogens is 228 g/mol. The molecule has 0 saturated carbocycles. The van der Waals surface area contributed by atoms with E-state index in [9.17, 15) is 4.79 Å². The summed E-state index contributed by atoms with van der Waals surface area (Å²) >= 11 is 0. The number of rotatable bonds is 3. The van der Waals surface area contributed by atoms with Crippen molar-refractivity contribution in [2.24, 2.45) is 0 Å². The van der Waals surface area contributed by atoms with Crippen LogP contribution in [0.3, 0.4) is 0 Å². The number of carboxylic acid groups (broad SMARTS) is 3. The summed E-state index contributed by atoms with van der Waals surface area (Å²) in [6, 6.07) is 0. The van der Waals surface area contributed by atoms with Crippen LogP contribution in [0, 0.1) is 0 Å². The molecule has 0 rings (SSSR count). The van der Waals surface area contributed by atoms with Gasteiger partial charge in [0.05, 0.1) is 13.2 Å². The summed E-state index contributed by atoms with van der Waals surface area (Å²) in [7, 11) is 0. The molecule has 9 heteroatoms. The molecular formula is C7H16O9. The largest absolute Gasteiger partial charge is 0.503 e. The van der Waals surface area contributed by atoms with E-state index in [-0.39, 0.29) is 13.2 Å². The first-order chi connectivity index (χ1) is 7.18. The lowest BCUT2D eigenvalue weighted by atomic mass is 10.4. The van der Waals surface area contributed by atoms with Gasteiger partial charge < -0.3 is 35.7 Å². The van der Waals surface area contributed by atoms with Gasteiger partial charge in [0, 0.05) is 0 Å². The zero-order valence-corrected chi connectivity index (χ0v) is 8.52. The maximum Gasteiger partial charge on any atom is 0.503 e. The Morgan fingerprint density at radius 3 is 1.19 bits per heavy atom. The van der Waals surface area contributed by atoms with Gasteiger partial charge in [-0.15, -0.1) is 0 Å². The minimum atomic E-state index is -1.83. The highest BCUT2D eigenvalue weighted by molar-refractivity contribution is 5.71. The van der Waals surface area contributed by atoms with Crippen molar-refractivity contribution in [3.8, 4) is 0 Å². The molecule has 7 N–H and O–H groups in total. The van der Waals surface area contributed by atoms with Crippen molar-refractivity contribution in [3.63, 3.8) is 0 Å². The molecule has 0 bridgehead atoms. The molecule has 0 amide bonds. The lowest BCUT2D eigenvalue weighted by Crippen LogP contribution is -2.15. The van der Waals surface area contributed by atoms with E-state index < -0.39 is 24.3 Å². The molecule has 0 aliphatic rings. The van der Waals surface area contributed by atoms with E-state index in [1.165, 1.54) is 6.92 Å². The first kappa shape index (κ1) is 20.1. The Hall–Kier alpha value is -1.42. The molecule has 9 nitrogen and oxygen atoms in total. The number of aliphatic carboxylic acids is 1. The Morgan fingerprint density at radius 1 is 1.00 bits per heavy atom. The van der Waals surface area contributed by atoms with Gasteiger partial charge in [-0.25, -0.2) is 9.59 Å². The zero-order chi connectivity index (χ0) is 13.7. The van der Waals surface area contributed by atoms with E-state index >= 15 is 0 Å². The van der Waals surface area contributed by atoms with Crippen molar-refractivity contribution >= 4 is 12.1 Å². The SMILES string of the molecule is CC(O)C(=O)O.O=C(O)O.OCC(O)CO. The van der Waals surface area contributed by atoms with Gasteiger partial charge in [-0.3, -0.25) is 0 Å². The molecule has 0 spiro atoms. The van der Waals surface area contributed by atoms with Crippen molar-refractivity contribution in [2.45, 2.75) is 19.1 Å². The van der Waals surface area contributed by atoms with Gasteiger partial charge in [-0.1, -0.05) is 0 Å². The molecule has 0 aromatic rings. The minimum absolute atomic E-state index is 0.365. The highest BCUT2D eigenvalue weighted by atomic mass is 16.6. The Bertz CT molecular complexity index is 171. The van der Waals surface area contributed by atoms with Gasteiger partial charge in [-0.2, -0.15) is 0 Å². The molecule has 1 atom stereocenters. The van der Waals surface area contributed by atoms with Crippen LogP contribution in [0.4, 0.5) is 4.79 Å². The average Bonchev–Trinajstić information content (AvgIpc) is 2.16. The Kier molecular flexibility index (Phi) is 17.0. The number of hydrogen-bond acceptors (Lipinski definition) is 6. The molecule has 0 fully saturated rings. The maximum absolute atomic E-state index is 9.45. The summed E-state index contributed by atoms with van der Waals surface area (Å²) in [6.07, 6.45) is -4.02. The lowest BCUT2D eigenvalue weighted by molar-refractivity contribution is -0.145. The van der Waals surface area contributed by atoms with Crippen molar-refractivity contribution in [1.82, 2.24) is 0 Å². The molecule has 0 heterocycles. The summed E-state index contributed by atoms with van der Waals surface area (Å²) in [6.45, 7) is 0.468. The third kappa shape index (κ3) is 39.0. The summed E-state index contributed by atoms with van der Waals surface area (Å²) in [5.74, 6) is -1.19. The number of aliphatic hydroxyl groups is 4. The van der Waals surface area contributed by atoms with Crippen LogP contribution in [0.15, 0.2) is 0 Å². The van der Waals surface area contributed by atoms with E-state index in [2.05, 4.69) is 0 Å². The van der Waals surface area contributed by atoms with Gasteiger partial charge in [0.2, 0.25) is 0 Å². The van der Waals surface area contributed by atoms with Gasteiger partial charge >= 0.3 is 12.1 Å². The second-order valence-electron chi connectivity index (χ2n) is 2.32. The van der Waals surface area contributed by atoms with Crippen molar-refractivity contribution in [2.75, 3.05) is 13.2 Å². The average molecular weight is 244 g/mol. The van der Waals surface area contributed by atoms with Gasteiger partial charge in [0.15, 0.2) is 0 Å². The normalized spacial score (nSPS) is 10.4. The summed E-state index contributed by atoms with van der Waals surface area (Å²) in [5.41, 5.74) is 0. The highest BCUT2D eigenvalue weighted by Crippen LogP contribution is 1.73. The van der Waals surface area contributed by atoms with E-state index in [0.29, 0.717) is 0 Å². The van der Waals surface area contributed by atoms with Crippen LogP contribution < -0.4 is 0 Å². The van der Waals surface area contributed by atoms with Crippen LogP contribution in [0.1, 0.15) is 6.92 Å². The van der Waals surface area contributed by atoms with Gasteiger partial charge in [0.25, 0.3) is 0 Å². The molecule has 98 valence electrons. The minimum Gasteiger partial charge on any atom is -0.479 e. The third-order valence-corrected chi connectivity index (χ3v) is 0.779. The molecule has 0 aromatic heterocycles. The standard InChI is InChI=1S/C3H8O3.C3H6O3.CH2O3/c4-1-3(6)2-5;1-2(4)3(5)6;2-1(3)4/h3-6H,1-2H2;2,4H,1H3,(H,5,6);(H2,2,3,4). The molecule has 16 heavy (non-hydrogen) atoms. The Morgan fingerprint density at radius 2 is 1.19 bits per heavy atom. The van der Waals surface area contributed by atoms with E-state index in [1.807, 2.05) is 0 Å². The maximum atomic E-state index is 9.45. The fourth-order valence-corrected chi connectivity index (χ4v) is 0.0577. The van der Waals surface area contributed by atoms with Crippen LogP contribution in [-0.2, 0) is 4.79 Å². The molecule has 0 aliphatic carbocycles. The van der Waals surface area contributed by atoms with Crippen LogP contribution >= 0.6 is 0 Å². The summed E-state index contributed by atoms with van der Waals surface area (Å²) < 4.78 is 0. The quantitative estimate of drug-likeness (QED) is 0.296. The number of aliphatic hydroxyl groups excluding tert-OH is 4. The number of carbonyl (C=O) groups is 2. The lowest BCUT2D eigenvalue weighted by Gasteiger charge is -1.96. The summed E-state index contributed by atoms with van der Waals surface area (Å²) in [5, 5.41) is 53.7. The van der Waals surface area contributed by atoms with Crippen LogP contribution in [0.5, 0.6) is 0 Å². The molecule has 1 unspecified atom stereocenters. The molecule has 0 saturated heterocycles. The second-order valence-corrected chi connectivity index (χ2v) is 2.32. The second kappa shape index (κ2) is 13.6. The van der Waals surface area contributed by atoms with Gasteiger partial charge in [-0.05, 0) is 6.92 Å². The third-order valence-electron chi connectivity index (χ3n) is 0.779. The monoisotopic (exact) mass is 244 g/mol. The van der Waals surface area contributed by atoms with E-state index in [4.69, 9.17) is 40.5 Å². The topological polar surface area (TPSA) is 176 Å². The zero-order valence-electron chi connectivity index (χ0n) is 8.52. The van der Waals surface area contributed by atoms with Crippen LogP contribution in [0.2, 0.25) is 0 Å². The molecule has 0 radical (unpaired) electrons. The smallest absolute Gasteiger partial charge is 0.479 e. The first-order valence-corrected chi connectivity index (χ1v) is 3.91. The van der Waals surface area contributed by atoms with Crippen molar-refractivity contribution in [3.05, 3.63) is 0 Å². The van der Waals surface area contributed by atoms with Crippen molar-refractivity contribution < 1.29 is 45.3 Å². The Balaban J connectivity index is -0.000000162.